The Morgan fingerprint density at radius 1 is 1.26 bits per heavy atom. The second kappa shape index (κ2) is 4.53. The van der Waals surface area contributed by atoms with E-state index in [4.69, 9.17) is 4.74 Å². The van der Waals surface area contributed by atoms with Gasteiger partial charge in [-0.25, -0.2) is 14.5 Å². The normalized spacial score (nSPS) is 10.6. The first-order valence-electron chi connectivity index (χ1n) is 5.77. The lowest BCUT2D eigenvalue weighted by Gasteiger charge is -2.04. The van der Waals surface area contributed by atoms with Gasteiger partial charge in [0, 0.05) is 11.6 Å². The van der Waals surface area contributed by atoms with E-state index in [-0.39, 0.29) is 5.97 Å². The molecule has 0 spiro atoms. The van der Waals surface area contributed by atoms with Gasteiger partial charge in [0.2, 0.25) is 0 Å². The number of para-hydroxylation sites is 1. The number of ether oxygens (including phenoxy) is 1. The maximum Gasteiger partial charge on any atom is 0.338 e. The van der Waals surface area contributed by atoms with Gasteiger partial charge in [0.05, 0.1) is 24.4 Å². The van der Waals surface area contributed by atoms with Gasteiger partial charge in [-0.05, 0) is 18.2 Å². The third-order valence-corrected chi connectivity index (χ3v) is 2.86. The topological polar surface area (TPSA) is 57.0 Å². The number of esters is 1. The number of benzene rings is 1. The smallest absolute Gasteiger partial charge is 0.338 e. The van der Waals surface area contributed by atoms with Crippen molar-refractivity contribution in [1.82, 2.24) is 14.8 Å². The van der Waals surface area contributed by atoms with Gasteiger partial charge < -0.3 is 4.74 Å². The summed E-state index contributed by atoms with van der Waals surface area (Å²) in [6.45, 7) is 0. The molecule has 0 saturated heterocycles. The minimum atomic E-state index is -0.389. The number of fused-ring (bicyclic) bond motifs is 1. The molecule has 5 heteroatoms. The zero-order chi connectivity index (χ0) is 13.2. The van der Waals surface area contributed by atoms with Gasteiger partial charge in [-0.2, -0.15) is 5.10 Å². The summed E-state index contributed by atoms with van der Waals surface area (Å²) in [7, 11) is 1.35. The van der Waals surface area contributed by atoms with E-state index in [1.165, 1.54) is 7.11 Å². The van der Waals surface area contributed by atoms with E-state index in [1.807, 2.05) is 24.3 Å². The highest BCUT2D eigenvalue weighted by molar-refractivity contribution is 5.89. The van der Waals surface area contributed by atoms with E-state index in [0.717, 1.165) is 10.9 Å². The van der Waals surface area contributed by atoms with Crippen molar-refractivity contribution >= 4 is 16.9 Å². The van der Waals surface area contributed by atoms with Gasteiger partial charge in [-0.3, -0.25) is 0 Å². The third kappa shape index (κ3) is 1.95. The molecule has 2 heterocycles. The molecule has 0 unspecified atom stereocenters. The predicted octanol–water partition coefficient (Wildman–Crippen LogP) is 2.21. The van der Waals surface area contributed by atoms with E-state index in [9.17, 15) is 4.79 Å². The number of rotatable bonds is 2. The van der Waals surface area contributed by atoms with E-state index < -0.39 is 0 Å². The summed E-state index contributed by atoms with van der Waals surface area (Å²) in [5.41, 5.74) is 1.39. The molecule has 3 rings (SSSR count). The largest absolute Gasteiger partial charge is 0.465 e. The van der Waals surface area contributed by atoms with E-state index >= 15 is 0 Å². The summed E-state index contributed by atoms with van der Waals surface area (Å²) in [4.78, 5) is 15.8. The lowest BCUT2D eigenvalue weighted by Crippen LogP contribution is -2.05. The van der Waals surface area contributed by atoms with E-state index in [1.54, 1.807) is 29.2 Å². The zero-order valence-corrected chi connectivity index (χ0v) is 10.3. The quantitative estimate of drug-likeness (QED) is 0.657. The van der Waals surface area contributed by atoms with Crippen LogP contribution in [0.15, 0.2) is 48.8 Å². The van der Waals surface area contributed by atoms with E-state index in [0.29, 0.717) is 11.4 Å². The Hall–Kier alpha value is -2.69. The average Bonchev–Trinajstić information content (AvgIpc) is 2.90. The molecule has 0 radical (unpaired) electrons. The molecule has 0 bridgehead atoms. The molecule has 19 heavy (non-hydrogen) atoms. The molecule has 2 aromatic heterocycles. The fraction of sp³-hybridized carbons (Fsp3) is 0.0714. The molecule has 0 fully saturated rings. The minimum absolute atomic E-state index is 0.389. The maximum atomic E-state index is 11.5. The maximum absolute atomic E-state index is 11.5. The van der Waals surface area contributed by atoms with Crippen molar-refractivity contribution in [2.75, 3.05) is 7.11 Å². The number of carbonyl (C=O) groups excluding carboxylic acids is 1. The Labute approximate surface area is 109 Å². The van der Waals surface area contributed by atoms with Crippen LogP contribution in [-0.4, -0.2) is 27.8 Å². The zero-order valence-electron chi connectivity index (χ0n) is 10.3. The lowest BCUT2D eigenvalue weighted by atomic mass is 10.2. The molecule has 3 aromatic rings. The van der Waals surface area contributed by atoms with Crippen molar-refractivity contribution in [3.05, 3.63) is 54.4 Å². The summed E-state index contributed by atoms with van der Waals surface area (Å²) >= 11 is 0. The standard InChI is InChI=1S/C14H11N3O2/c1-19-14(18)10-6-7-15-13(8-10)17-12-5-3-2-4-11(12)9-16-17/h2-9H,1H3. The summed E-state index contributed by atoms with van der Waals surface area (Å²) in [5, 5.41) is 5.31. The van der Waals surface area contributed by atoms with Crippen LogP contribution in [0.3, 0.4) is 0 Å². The summed E-state index contributed by atoms with van der Waals surface area (Å²) in [5.74, 6) is 0.198. The van der Waals surface area contributed by atoms with Gasteiger partial charge in [0.15, 0.2) is 5.82 Å². The Morgan fingerprint density at radius 2 is 2.11 bits per heavy atom. The molecule has 0 aliphatic heterocycles. The number of carbonyl (C=O) groups is 1. The Morgan fingerprint density at radius 3 is 2.95 bits per heavy atom. The highest BCUT2D eigenvalue weighted by Crippen LogP contribution is 2.17. The highest BCUT2D eigenvalue weighted by atomic mass is 16.5. The molecular formula is C14H11N3O2. The summed E-state index contributed by atoms with van der Waals surface area (Å²) in [6, 6.07) is 11.1. The number of aromatic nitrogens is 3. The number of nitrogens with zero attached hydrogens (tertiary/aromatic N) is 3. The minimum Gasteiger partial charge on any atom is -0.465 e. The number of hydrogen-bond donors (Lipinski definition) is 0. The first-order chi connectivity index (χ1) is 9.29. The second-order valence-corrected chi connectivity index (χ2v) is 4.01. The third-order valence-electron chi connectivity index (χ3n) is 2.86. The average molecular weight is 253 g/mol. The molecule has 94 valence electrons. The van der Waals surface area contributed by atoms with Crippen molar-refractivity contribution in [2.24, 2.45) is 0 Å². The van der Waals surface area contributed by atoms with Gasteiger partial charge in [0.25, 0.3) is 0 Å². The van der Waals surface area contributed by atoms with Crippen LogP contribution in [0.1, 0.15) is 10.4 Å². The van der Waals surface area contributed by atoms with Crippen LogP contribution in [0.2, 0.25) is 0 Å². The number of methoxy groups -OCH3 is 1. The molecule has 0 aliphatic rings. The summed E-state index contributed by atoms with van der Waals surface area (Å²) < 4.78 is 6.40. The van der Waals surface area contributed by atoms with Gasteiger partial charge in [0.1, 0.15) is 0 Å². The predicted molar refractivity (Wildman–Crippen MR) is 70.2 cm³/mol. The molecule has 5 nitrogen and oxygen atoms in total. The van der Waals surface area contributed by atoms with E-state index in [2.05, 4.69) is 10.1 Å². The molecule has 0 aliphatic carbocycles. The van der Waals surface area contributed by atoms with Crippen molar-refractivity contribution in [3.63, 3.8) is 0 Å². The molecule has 0 saturated carbocycles. The van der Waals surface area contributed by atoms with Crippen LogP contribution in [-0.2, 0) is 4.74 Å². The van der Waals surface area contributed by atoms with Crippen molar-refractivity contribution in [2.45, 2.75) is 0 Å². The molecular weight excluding hydrogens is 242 g/mol. The Kier molecular flexibility index (Phi) is 2.72. The van der Waals surface area contributed by atoms with Crippen molar-refractivity contribution in [3.8, 4) is 5.82 Å². The first-order valence-corrected chi connectivity index (χ1v) is 5.77. The highest BCUT2D eigenvalue weighted by Gasteiger charge is 2.10. The molecule has 1 aromatic carbocycles. The fourth-order valence-electron chi connectivity index (χ4n) is 1.93. The monoisotopic (exact) mass is 253 g/mol. The molecule has 0 N–H and O–H groups in total. The number of hydrogen-bond acceptors (Lipinski definition) is 4. The second-order valence-electron chi connectivity index (χ2n) is 4.01. The number of pyridine rings is 1. The van der Waals surface area contributed by atoms with Gasteiger partial charge >= 0.3 is 5.97 Å². The van der Waals surface area contributed by atoms with Crippen molar-refractivity contribution in [1.29, 1.82) is 0 Å². The molecule has 0 atom stereocenters. The van der Waals surface area contributed by atoms with Gasteiger partial charge in [-0.1, -0.05) is 18.2 Å². The van der Waals surface area contributed by atoms with Crippen LogP contribution < -0.4 is 0 Å². The first kappa shape index (κ1) is 11.4. The lowest BCUT2D eigenvalue weighted by molar-refractivity contribution is 0.0600. The Balaban J connectivity index is 2.14. The van der Waals surface area contributed by atoms with Crippen LogP contribution >= 0.6 is 0 Å². The van der Waals surface area contributed by atoms with Crippen LogP contribution in [0.5, 0.6) is 0 Å². The Bertz CT molecular complexity index is 749. The fourth-order valence-corrected chi connectivity index (χ4v) is 1.93. The van der Waals surface area contributed by atoms with Crippen LogP contribution in [0.4, 0.5) is 0 Å². The van der Waals surface area contributed by atoms with Crippen LogP contribution in [0.25, 0.3) is 16.7 Å². The van der Waals surface area contributed by atoms with Crippen molar-refractivity contribution < 1.29 is 9.53 Å². The molecule has 0 amide bonds. The SMILES string of the molecule is COC(=O)c1ccnc(-n2ncc3ccccc32)c1. The van der Waals surface area contributed by atoms with Gasteiger partial charge in [-0.15, -0.1) is 0 Å². The van der Waals surface area contributed by atoms with Crippen LogP contribution in [0, 0.1) is 0 Å². The summed E-state index contributed by atoms with van der Waals surface area (Å²) in [6.07, 6.45) is 3.33.